The quantitative estimate of drug-likeness (QED) is 0.153. The maximum atomic E-state index is 13.4. The molecule has 0 bridgehead atoms. The van der Waals surface area contributed by atoms with Crippen LogP contribution >= 0.6 is 0 Å². The summed E-state index contributed by atoms with van der Waals surface area (Å²) in [5.41, 5.74) is -0.750. The molecule has 2 aromatic carbocycles. The van der Waals surface area contributed by atoms with Gasteiger partial charge >= 0.3 is 41.8 Å². The molecular weight excluding hydrogens is 900 g/mol. The number of ether oxygens (including phenoxy) is 13. The lowest BCUT2D eigenvalue weighted by Crippen LogP contribution is -2.67. The lowest BCUT2D eigenvalue weighted by Gasteiger charge is -2.48. The Morgan fingerprint density at radius 1 is 0.552 bits per heavy atom. The molecule has 0 spiro atoms. The molecule has 2 saturated heterocycles. The van der Waals surface area contributed by atoms with Crippen LogP contribution in [0.1, 0.15) is 48.5 Å². The summed E-state index contributed by atoms with van der Waals surface area (Å²) in [6, 6.07) is 5.97. The first kappa shape index (κ1) is 50.8. The number of rotatable bonds is 16. The third-order valence-electron chi connectivity index (χ3n) is 9.69. The van der Waals surface area contributed by atoms with Crippen LogP contribution in [0.4, 0.5) is 0 Å². The van der Waals surface area contributed by atoms with Gasteiger partial charge in [-0.25, -0.2) is 0 Å². The zero-order valence-electron chi connectivity index (χ0n) is 37.5. The van der Waals surface area contributed by atoms with Crippen molar-refractivity contribution in [2.24, 2.45) is 0 Å². The lowest BCUT2D eigenvalue weighted by atomic mass is 9.96. The summed E-state index contributed by atoms with van der Waals surface area (Å²) in [6.45, 7) is 5.76. The van der Waals surface area contributed by atoms with Crippen LogP contribution in [0.2, 0.25) is 0 Å². The Bertz CT molecular complexity index is 2400. The minimum absolute atomic E-state index is 0.0231. The van der Waals surface area contributed by atoms with Gasteiger partial charge in [0.05, 0.1) is 14.2 Å². The Hall–Kier alpha value is -7.18. The van der Waals surface area contributed by atoms with Crippen LogP contribution in [0.15, 0.2) is 39.5 Å². The molecule has 3 heterocycles. The van der Waals surface area contributed by atoms with Crippen molar-refractivity contribution in [2.45, 2.75) is 110 Å². The number of phenols is 2. The van der Waals surface area contributed by atoms with Gasteiger partial charge in [-0.2, -0.15) is 0 Å². The summed E-state index contributed by atoms with van der Waals surface area (Å²) in [6.07, 6.45) is -17.4. The summed E-state index contributed by atoms with van der Waals surface area (Å²) in [4.78, 5) is 101. The van der Waals surface area contributed by atoms with E-state index in [4.69, 9.17) is 66.0 Å². The second-order valence-electron chi connectivity index (χ2n) is 14.8. The van der Waals surface area contributed by atoms with E-state index in [9.17, 15) is 48.6 Å². The Morgan fingerprint density at radius 3 is 1.49 bits per heavy atom. The third kappa shape index (κ3) is 12.6. The zero-order valence-corrected chi connectivity index (χ0v) is 37.5. The normalized spacial score (nSPS) is 24.6. The van der Waals surface area contributed by atoms with Gasteiger partial charge in [0.25, 0.3) is 0 Å². The number of carbonyl (C=O) groups is 7. The van der Waals surface area contributed by atoms with E-state index in [2.05, 4.69) is 0 Å². The van der Waals surface area contributed by atoms with E-state index in [0.717, 1.165) is 60.6 Å². The molecule has 24 heteroatoms. The Balaban J connectivity index is 1.62. The maximum Gasteiger partial charge on any atom is 0.303 e. The average molecular weight is 949 g/mol. The molecule has 5 rings (SSSR count). The average Bonchev–Trinajstić information content (AvgIpc) is 3.22. The number of phenolic OH excluding ortho intramolecular Hbond substituents is 2. The van der Waals surface area contributed by atoms with Crippen molar-refractivity contribution in [1.82, 2.24) is 0 Å². The molecule has 1 aromatic heterocycles. The molecule has 2 N–H and O–H groups in total. The first-order valence-electron chi connectivity index (χ1n) is 20.1. The van der Waals surface area contributed by atoms with Crippen molar-refractivity contribution in [1.29, 1.82) is 0 Å². The predicted octanol–water partition coefficient (Wildman–Crippen LogP) is 1.89. The van der Waals surface area contributed by atoms with Crippen molar-refractivity contribution >= 4 is 52.8 Å². The first-order valence-corrected chi connectivity index (χ1v) is 20.1. The summed E-state index contributed by atoms with van der Waals surface area (Å²) in [5, 5.41) is 21.3. The highest BCUT2D eigenvalue weighted by Crippen LogP contribution is 2.42. The van der Waals surface area contributed by atoms with Gasteiger partial charge in [-0.1, -0.05) is 0 Å². The van der Waals surface area contributed by atoms with E-state index in [1.54, 1.807) is 0 Å². The number of carbonyl (C=O) groups excluding carboxylic acids is 7. The van der Waals surface area contributed by atoms with E-state index >= 15 is 0 Å². The van der Waals surface area contributed by atoms with Crippen molar-refractivity contribution < 1.29 is 110 Å². The number of benzene rings is 2. The van der Waals surface area contributed by atoms with Gasteiger partial charge in [0.1, 0.15) is 59.8 Å². The molecule has 2 fully saturated rings. The molecule has 0 amide bonds. The van der Waals surface area contributed by atoms with Crippen molar-refractivity contribution in [2.75, 3.05) is 27.4 Å². The SMILES string of the molecule is COc1cc(-c2cc(=O)c3c(O)cc(O[C@@H]4O[C@H](COC(C)=O)[C@@H](O[C@@H]5O[C@H](COC(C)=O)[C@@H](OC(C)=O)[C@H](OC(C)=O)[C@H]5OC(C)=O)[C@H](OC(C)=O)[C@H]4OC(C)=O)cc3o2)cc(OC)c1O. The van der Waals surface area contributed by atoms with E-state index in [1.807, 2.05) is 0 Å². The van der Waals surface area contributed by atoms with Crippen LogP contribution in [-0.2, 0) is 80.9 Å². The molecule has 0 radical (unpaired) electrons. The minimum atomic E-state index is -1.93. The maximum absolute atomic E-state index is 13.4. The second-order valence-corrected chi connectivity index (χ2v) is 14.8. The Labute approximate surface area is 380 Å². The Kier molecular flexibility index (Phi) is 16.6. The number of aromatic hydroxyl groups is 2. The summed E-state index contributed by atoms with van der Waals surface area (Å²) < 4.78 is 79.5. The fourth-order valence-electron chi connectivity index (χ4n) is 7.19. The largest absolute Gasteiger partial charge is 0.507 e. The van der Waals surface area contributed by atoms with Crippen LogP contribution in [0.25, 0.3) is 22.3 Å². The predicted molar refractivity (Wildman–Crippen MR) is 218 cm³/mol. The van der Waals surface area contributed by atoms with Gasteiger partial charge < -0.3 is 76.2 Å². The van der Waals surface area contributed by atoms with Crippen molar-refractivity contribution in [3.63, 3.8) is 0 Å². The van der Waals surface area contributed by atoms with Crippen LogP contribution in [-0.4, -0.2) is 141 Å². The summed E-state index contributed by atoms with van der Waals surface area (Å²) in [5.74, 6) is -7.86. The van der Waals surface area contributed by atoms with Gasteiger partial charge in [-0.05, 0) is 12.1 Å². The highest BCUT2D eigenvalue weighted by molar-refractivity contribution is 5.86. The molecule has 10 atom stereocenters. The minimum Gasteiger partial charge on any atom is -0.507 e. The first-order chi connectivity index (χ1) is 31.6. The highest BCUT2D eigenvalue weighted by Gasteiger charge is 2.58. The van der Waals surface area contributed by atoms with Crippen LogP contribution in [0.5, 0.6) is 28.7 Å². The molecule has 364 valence electrons. The van der Waals surface area contributed by atoms with E-state index in [1.165, 1.54) is 32.4 Å². The number of esters is 7. The van der Waals surface area contributed by atoms with Gasteiger partial charge in [0, 0.05) is 72.2 Å². The molecule has 2 aliphatic rings. The molecule has 0 saturated carbocycles. The monoisotopic (exact) mass is 948 g/mol. The molecule has 3 aromatic rings. The topological polar surface area (TPSA) is 310 Å². The summed E-state index contributed by atoms with van der Waals surface area (Å²) in [7, 11) is 2.58. The fourth-order valence-corrected chi connectivity index (χ4v) is 7.19. The molecule has 24 nitrogen and oxygen atoms in total. The lowest BCUT2D eigenvalue weighted by molar-refractivity contribution is -0.354. The van der Waals surface area contributed by atoms with Crippen molar-refractivity contribution in [3.05, 3.63) is 40.6 Å². The van der Waals surface area contributed by atoms with Crippen LogP contribution < -0.4 is 19.6 Å². The van der Waals surface area contributed by atoms with E-state index < -0.39 is 128 Å². The van der Waals surface area contributed by atoms with Crippen molar-refractivity contribution in [3.8, 4) is 40.1 Å². The smallest absolute Gasteiger partial charge is 0.303 e. The van der Waals surface area contributed by atoms with E-state index in [0.29, 0.717) is 0 Å². The number of fused-ring (bicyclic) bond motifs is 1. The number of hydrogen-bond acceptors (Lipinski definition) is 24. The third-order valence-corrected chi connectivity index (χ3v) is 9.69. The second kappa shape index (κ2) is 21.9. The summed E-state index contributed by atoms with van der Waals surface area (Å²) >= 11 is 0. The number of hydrogen-bond donors (Lipinski definition) is 2. The Morgan fingerprint density at radius 2 is 1.00 bits per heavy atom. The van der Waals surface area contributed by atoms with Gasteiger partial charge in [-0.3, -0.25) is 38.4 Å². The molecule has 2 aliphatic heterocycles. The number of methoxy groups -OCH3 is 2. The fraction of sp³-hybridized carbons (Fsp3) is 0.488. The molecule has 0 aliphatic carbocycles. The van der Waals surface area contributed by atoms with Gasteiger partial charge in [0.15, 0.2) is 47.6 Å². The molecule has 0 unspecified atom stereocenters. The van der Waals surface area contributed by atoms with Crippen LogP contribution in [0, 0.1) is 0 Å². The molecular formula is C43H48O24. The standard InChI is InChI=1S/C43H48O24/c1-17(44)56-15-32-36(58-19(3)46)38(59-20(4)47)41(62-23(7)50)43(66-32)67-37-33(16-57-18(2)45)65-42(40(61-22(6)49)39(37)60-21(5)48)63-25-12-26(51)34-27(52)14-28(64-29(34)13-25)24-10-30(54-8)35(53)31(11-24)55-9/h10-14,32-33,36-43,51,53H,15-16H2,1-9H3/t32-,33-,36-,37-,38+,39+,40-,41-,42-,43+/m1/s1. The molecule has 67 heavy (non-hydrogen) atoms. The van der Waals surface area contributed by atoms with E-state index in [-0.39, 0.29) is 45.3 Å². The zero-order chi connectivity index (χ0) is 49.4. The highest BCUT2D eigenvalue weighted by atomic mass is 16.8. The van der Waals surface area contributed by atoms with Gasteiger partial charge in [-0.15, -0.1) is 0 Å². The van der Waals surface area contributed by atoms with Gasteiger partial charge in [0.2, 0.25) is 18.1 Å². The van der Waals surface area contributed by atoms with Crippen LogP contribution in [0.3, 0.4) is 0 Å².